The van der Waals surface area contributed by atoms with Gasteiger partial charge >= 0.3 is 5.97 Å². The number of ether oxygens (including phenoxy) is 3. The van der Waals surface area contributed by atoms with Crippen LogP contribution in [0, 0.1) is 0 Å². The molecule has 7 heteroatoms. The molecule has 4 rings (SSSR count). The summed E-state index contributed by atoms with van der Waals surface area (Å²) in [5.41, 5.74) is 1.66. The van der Waals surface area contributed by atoms with Gasteiger partial charge in [-0.15, -0.1) is 11.8 Å². The topological polar surface area (TPSA) is 65.1 Å². The second-order valence-corrected chi connectivity index (χ2v) is 8.26. The molecule has 0 fully saturated rings. The van der Waals surface area contributed by atoms with Crippen LogP contribution in [-0.4, -0.2) is 37.1 Å². The molecule has 29 heavy (non-hydrogen) atoms. The van der Waals surface area contributed by atoms with Gasteiger partial charge in [-0.05, 0) is 42.3 Å². The fourth-order valence-electron chi connectivity index (χ4n) is 3.19. The number of amides is 1. The lowest BCUT2D eigenvalue weighted by atomic mass is 10.2. The SMILES string of the molecule is C[C@H]1CCN(C(=O)COC(=O)/C=C/c2ccc3c(c2)OCO3)c2ccccc2S1. The molecule has 2 aliphatic rings. The Balaban J connectivity index is 1.36. The quantitative estimate of drug-likeness (QED) is 0.562. The molecule has 0 saturated carbocycles. The fraction of sp³-hybridized carbons (Fsp3) is 0.273. The molecule has 2 aromatic rings. The first-order valence-corrected chi connectivity index (χ1v) is 10.3. The number of hydrogen-bond donors (Lipinski definition) is 0. The Kier molecular flexibility index (Phi) is 5.76. The molecular formula is C22H21NO5S. The second kappa shape index (κ2) is 8.61. The van der Waals surface area contributed by atoms with Crippen molar-refractivity contribution in [3.05, 3.63) is 54.1 Å². The maximum Gasteiger partial charge on any atom is 0.331 e. The molecule has 2 aliphatic heterocycles. The fourth-order valence-corrected chi connectivity index (χ4v) is 4.30. The van der Waals surface area contributed by atoms with Crippen LogP contribution < -0.4 is 14.4 Å². The number of thioether (sulfide) groups is 1. The summed E-state index contributed by atoms with van der Waals surface area (Å²) in [7, 11) is 0. The third-order valence-corrected chi connectivity index (χ3v) is 5.93. The number of benzene rings is 2. The summed E-state index contributed by atoms with van der Waals surface area (Å²) < 4.78 is 15.7. The first kappa shape index (κ1) is 19.4. The summed E-state index contributed by atoms with van der Waals surface area (Å²) in [6.45, 7) is 2.66. The molecular weight excluding hydrogens is 390 g/mol. The van der Waals surface area contributed by atoms with Crippen LogP contribution in [0.1, 0.15) is 18.9 Å². The van der Waals surface area contributed by atoms with E-state index >= 15 is 0 Å². The first-order chi connectivity index (χ1) is 14.1. The zero-order chi connectivity index (χ0) is 20.2. The Labute approximate surface area is 173 Å². The summed E-state index contributed by atoms with van der Waals surface area (Å²) in [5, 5.41) is 0.418. The number of nitrogens with zero attached hydrogens (tertiary/aromatic N) is 1. The highest BCUT2D eigenvalue weighted by atomic mass is 32.2. The van der Waals surface area contributed by atoms with E-state index in [9.17, 15) is 9.59 Å². The predicted molar refractivity (Wildman–Crippen MR) is 111 cm³/mol. The highest BCUT2D eigenvalue weighted by Crippen LogP contribution is 2.37. The molecule has 150 valence electrons. The molecule has 2 aromatic carbocycles. The van der Waals surface area contributed by atoms with Crippen LogP contribution in [0.15, 0.2) is 53.4 Å². The molecule has 0 spiro atoms. The third-order valence-electron chi connectivity index (χ3n) is 4.69. The molecule has 0 bridgehead atoms. The Morgan fingerprint density at radius 2 is 2.03 bits per heavy atom. The minimum atomic E-state index is -0.568. The summed E-state index contributed by atoms with van der Waals surface area (Å²) in [4.78, 5) is 27.6. The van der Waals surface area contributed by atoms with E-state index in [1.165, 1.54) is 6.08 Å². The van der Waals surface area contributed by atoms with E-state index in [2.05, 4.69) is 6.92 Å². The molecule has 0 aliphatic carbocycles. The molecule has 1 atom stereocenters. The number of carbonyl (C=O) groups excluding carboxylic acids is 2. The highest BCUT2D eigenvalue weighted by Gasteiger charge is 2.24. The van der Waals surface area contributed by atoms with Gasteiger partial charge in [-0.3, -0.25) is 4.79 Å². The van der Waals surface area contributed by atoms with Crippen LogP contribution in [-0.2, 0) is 14.3 Å². The summed E-state index contributed by atoms with van der Waals surface area (Å²) >= 11 is 1.76. The van der Waals surface area contributed by atoms with Gasteiger partial charge in [0.25, 0.3) is 5.91 Å². The van der Waals surface area contributed by atoms with E-state index in [0.717, 1.165) is 22.6 Å². The van der Waals surface area contributed by atoms with E-state index in [-0.39, 0.29) is 19.3 Å². The minimum absolute atomic E-state index is 0.198. The van der Waals surface area contributed by atoms with Gasteiger partial charge in [0.1, 0.15) is 0 Å². The average molecular weight is 411 g/mol. The zero-order valence-electron chi connectivity index (χ0n) is 16.0. The number of rotatable bonds is 4. The summed E-state index contributed by atoms with van der Waals surface area (Å²) in [6, 6.07) is 13.2. The van der Waals surface area contributed by atoms with Gasteiger partial charge in [-0.2, -0.15) is 0 Å². The van der Waals surface area contributed by atoms with Crippen molar-refractivity contribution in [3.63, 3.8) is 0 Å². The van der Waals surface area contributed by atoms with Crippen molar-refractivity contribution < 1.29 is 23.8 Å². The van der Waals surface area contributed by atoms with E-state index in [4.69, 9.17) is 14.2 Å². The maximum absolute atomic E-state index is 12.7. The van der Waals surface area contributed by atoms with Gasteiger partial charge in [0.2, 0.25) is 6.79 Å². The lowest BCUT2D eigenvalue weighted by Crippen LogP contribution is -2.35. The molecule has 0 N–H and O–H groups in total. The summed E-state index contributed by atoms with van der Waals surface area (Å²) in [6.07, 6.45) is 3.80. The van der Waals surface area contributed by atoms with Crippen LogP contribution in [0.25, 0.3) is 6.08 Å². The predicted octanol–water partition coefficient (Wildman–Crippen LogP) is 3.89. The molecule has 0 saturated heterocycles. The van der Waals surface area contributed by atoms with E-state index < -0.39 is 5.97 Å². The van der Waals surface area contributed by atoms with Crippen LogP contribution >= 0.6 is 11.8 Å². The van der Waals surface area contributed by atoms with E-state index in [0.29, 0.717) is 23.3 Å². The lowest BCUT2D eigenvalue weighted by Gasteiger charge is -2.22. The van der Waals surface area contributed by atoms with Gasteiger partial charge in [0.05, 0.1) is 5.69 Å². The van der Waals surface area contributed by atoms with Crippen molar-refractivity contribution >= 4 is 35.4 Å². The largest absolute Gasteiger partial charge is 0.454 e. The van der Waals surface area contributed by atoms with Gasteiger partial charge in [0.15, 0.2) is 18.1 Å². The highest BCUT2D eigenvalue weighted by molar-refractivity contribution is 8.00. The number of esters is 1. The smallest absolute Gasteiger partial charge is 0.331 e. The van der Waals surface area contributed by atoms with Gasteiger partial charge in [-0.25, -0.2) is 4.79 Å². The van der Waals surface area contributed by atoms with Gasteiger partial charge in [-0.1, -0.05) is 25.1 Å². The molecule has 6 nitrogen and oxygen atoms in total. The van der Waals surface area contributed by atoms with Crippen molar-refractivity contribution in [1.29, 1.82) is 0 Å². The lowest BCUT2D eigenvalue weighted by molar-refractivity contribution is -0.142. The molecule has 0 unspecified atom stereocenters. The number of carbonyl (C=O) groups is 2. The standard InChI is InChI=1S/C22H21NO5S/c1-15-10-11-23(17-4-2-3-5-20(17)29-15)21(24)13-26-22(25)9-7-16-6-8-18-19(12-16)28-14-27-18/h2-9,12,15H,10-11,13-14H2,1H3/b9-7+/t15-/m0/s1. The first-order valence-electron chi connectivity index (χ1n) is 9.41. The number of fused-ring (bicyclic) bond motifs is 2. The number of hydrogen-bond acceptors (Lipinski definition) is 6. The van der Waals surface area contributed by atoms with Crippen molar-refractivity contribution in [2.45, 2.75) is 23.5 Å². The Hall–Kier alpha value is -2.93. The summed E-state index contributed by atoms with van der Waals surface area (Å²) in [5.74, 6) is 0.530. The van der Waals surface area contributed by atoms with Gasteiger partial charge in [0, 0.05) is 22.8 Å². The third kappa shape index (κ3) is 4.56. The Morgan fingerprint density at radius 3 is 2.93 bits per heavy atom. The molecule has 2 heterocycles. The van der Waals surface area contributed by atoms with E-state index in [1.807, 2.05) is 30.3 Å². The van der Waals surface area contributed by atoms with Crippen LogP contribution in [0.4, 0.5) is 5.69 Å². The van der Waals surface area contributed by atoms with Gasteiger partial charge < -0.3 is 19.1 Å². The molecule has 1 amide bonds. The van der Waals surface area contributed by atoms with Crippen LogP contribution in [0.2, 0.25) is 0 Å². The molecule has 0 aromatic heterocycles. The number of para-hydroxylation sites is 1. The van der Waals surface area contributed by atoms with E-state index in [1.54, 1.807) is 34.9 Å². The van der Waals surface area contributed by atoms with Crippen molar-refractivity contribution in [1.82, 2.24) is 0 Å². The maximum atomic E-state index is 12.7. The second-order valence-electron chi connectivity index (χ2n) is 6.78. The normalized spacial score (nSPS) is 17.7. The molecule has 0 radical (unpaired) electrons. The number of anilines is 1. The van der Waals surface area contributed by atoms with Crippen molar-refractivity contribution in [3.8, 4) is 11.5 Å². The van der Waals surface area contributed by atoms with Crippen molar-refractivity contribution in [2.75, 3.05) is 24.8 Å². The van der Waals surface area contributed by atoms with Crippen LogP contribution in [0.3, 0.4) is 0 Å². The Morgan fingerprint density at radius 1 is 1.21 bits per heavy atom. The van der Waals surface area contributed by atoms with Crippen LogP contribution in [0.5, 0.6) is 11.5 Å². The minimum Gasteiger partial charge on any atom is -0.454 e. The van der Waals surface area contributed by atoms with Crippen molar-refractivity contribution in [2.24, 2.45) is 0 Å². The zero-order valence-corrected chi connectivity index (χ0v) is 16.8. The average Bonchev–Trinajstić information content (AvgIpc) is 3.12. The Bertz CT molecular complexity index is 958. The monoisotopic (exact) mass is 411 g/mol.